The molecule has 0 radical (unpaired) electrons. The van der Waals surface area contributed by atoms with Gasteiger partial charge in [0.25, 0.3) is 0 Å². The average Bonchev–Trinajstić information content (AvgIpc) is 2.56. The van der Waals surface area contributed by atoms with Gasteiger partial charge in [-0.15, -0.1) is 0 Å². The number of hydrogen-bond acceptors (Lipinski definition) is 2. The van der Waals surface area contributed by atoms with Crippen LogP contribution in [0, 0.1) is 13.8 Å². The molecule has 92 valence electrons. The van der Waals surface area contributed by atoms with Crippen LogP contribution in [-0.4, -0.2) is 12.1 Å². The Balaban J connectivity index is 2.78. The van der Waals surface area contributed by atoms with E-state index in [4.69, 9.17) is 10.5 Å². The molecule has 0 bridgehead atoms. The maximum atomic E-state index is 6.18. The largest absolute Gasteiger partial charge is 0.497 e. The minimum absolute atomic E-state index is 0.358. The van der Waals surface area contributed by atoms with Gasteiger partial charge in [0.2, 0.25) is 0 Å². The first-order valence-electron chi connectivity index (χ1n) is 5.81. The highest BCUT2D eigenvalue weighted by atomic mass is 16.5. The molecule has 0 unspecified atom stereocenters. The molecule has 0 spiro atoms. The van der Waals surface area contributed by atoms with Crippen LogP contribution in [0.25, 0.3) is 10.9 Å². The maximum Gasteiger partial charge on any atom is 0.119 e. The number of aromatic nitrogens is 1. The molecule has 0 atom stereocenters. The quantitative estimate of drug-likeness (QED) is 0.836. The van der Waals surface area contributed by atoms with Crippen LogP contribution in [0.1, 0.15) is 30.7 Å². The molecule has 1 aromatic carbocycles. The molecule has 0 aliphatic heterocycles. The van der Waals surface area contributed by atoms with E-state index in [0.717, 1.165) is 17.0 Å². The Hall–Kier alpha value is -1.48. The summed E-state index contributed by atoms with van der Waals surface area (Å²) in [6.07, 6.45) is 0. The maximum absolute atomic E-state index is 6.18. The molecule has 1 aromatic heterocycles. The SMILES string of the molecule is COc1cc(C)c2[nH]c(C(C)(C)N)c(C)c2c1. The highest BCUT2D eigenvalue weighted by Gasteiger charge is 2.21. The molecule has 0 amide bonds. The average molecular weight is 232 g/mol. The van der Waals surface area contributed by atoms with Gasteiger partial charge in [-0.05, 0) is 51.0 Å². The van der Waals surface area contributed by atoms with Crippen LogP contribution in [0.2, 0.25) is 0 Å². The van der Waals surface area contributed by atoms with Crippen molar-refractivity contribution in [1.82, 2.24) is 4.98 Å². The van der Waals surface area contributed by atoms with Crippen molar-refractivity contribution in [3.63, 3.8) is 0 Å². The second-order valence-corrected chi connectivity index (χ2v) is 5.21. The predicted molar refractivity (Wildman–Crippen MR) is 71.5 cm³/mol. The van der Waals surface area contributed by atoms with E-state index in [2.05, 4.69) is 24.9 Å². The van der Waals surface area contributed by atoms with Gasteiger partial charge in [-0.3, -0.25) is 0 Å². The van der Waals surface area contributed by atoms with E-state index in [9.17, 15) is 0 Å². The van der Waals surface area contributed by atoms with E-state index in [0.29, 0.717) is 0 Å². The van der Waals surface area contributed by atoms with E-state index in [1.807, 2.05) is 19.9 Å². The minimum atomic E-state index is -0.358. The van der Waals surface area contributed by atoms with E-state index in [1.165, 1.54) is 16.5 Å². The van der Waals surface area contributed by atoms with Crippen molar-refractivity contribution in [2.24, 2.45) is 5.73 Å². The van der Waals surface area contributed by atoms with Gasteiger partial charge in [0.05, 0.1) is 12.6 Å². The summed E-state index contributed by atoms with van der Waals surface area (Å²) in [5.74, 6) is 0.887. The summed E-state index contributed by atoms with van der Waals surface area (Å²) >= 11 is 0. The van der Waals surface area contributed by atoms with Crippen molar-refractivity contribution in [2.45, 2.75) is 33.2 Å². The molecular formula is C14H20N2O. The van der Waals surface area contributed by atoms with Crippen LogP contribution in [0.15, 0.2) is 12.1 Å². The second kappa shape index (κ2) is 3.77. The molecule has 1 heterocycles. The molecule has 0 saturated carbocycles. The van der Waals surface area contributed by atoms with Gasteiger partial charge in [0.15, 0.2) is 0 Å². The van der Waals surface area contributed by atoms with Crippen LogP contribution < -0.4 is 10.5 Å². The van der Waals surface area contributed by atoms with Crippen molar-refractivity contribution in [1.29, 1.82) is 0 Å². The molecule has 17 heavy (non-hydrogen) atoms. The number of hydrogen-bond donors (Lipinski definition) is 2. The Labute approximate surface area is 102 Å². The summed E-state index contributed by atoms with van der Waals surface area (Å²) in [5.41, 5.74) is 10.4. The highest BCUT2D eigenvalue weighted by molar-refractivity contribution is 5.88. The van der Waals surface area contributed by atoms with Crippen molar-refractivity contribution in [2.75, 3.05) is 7.11 Å². The van der Waals surface area contributed by atoms with Gasteiger partial charge in [0, 0.05) is 16.6 Å². The number of H-pyrrole nitrogens is 1. The monoisotopic (exact) mass is 232 g/mol. The highest BCUT2D eigenvalue weighted by Crippen LogP contribution is 2.32. The van der Waals surface area contributed by atoms with E-state index < -0.39 is 0 Å². The van der Waals surface area contributed by atoms with Crippen molar-refractivity contribution in [3.8, 4) is 5.75 Å². The Morgan fingerprint density at radius 1 is 1.24 bits per heavy atom. The van der Waals surface area contributed by atoms with Gasteiger partial charge in [-0.25, -0.2) is 0 Å². The number of aromatic amines is 1. The van der Waals surface area contributed by atoms with E-state index in [1.54, 1.807) is 7.11 Å². The number of ether oxygens (including phenoxy) is 1. The normalized spacial score (nSPS) is 12.1. The number of fused-ring (bicyclic) bond motifs is 1. The molecule has 3 N–H and O–H groups in total. The van der Waals surface area contributed by atoms with Crippen molar-refractivity contribution in [3.05, 3.63) is 29.0 Å². The van der Waals surface area contributed by atoms with E-state index in [-0.39, 0.29) is 5.54 Å². The molecule has 2 rings (SSSR count). The number of rotatable bonds is 2. The van der Waals surface area contributed by atoms with Gasteiger partial charge < -0.3 is 15.5 Å². The summed E-state index contributed by atoms with van der Waals surface area (Å²) in [5, 5.41) is 1.19. The van der Waals surface area contributed by atoms with Gasteiger partial charge in [-0.2, -0.15) is 0 Å². The third-order valence-corrected chi connectivity index (χ3v) is 3.22. The molecular weight excluding hydrogens is 212 g/mol. The van der Waals surface area contributed by atoms with Crippen LogP contribution in [0.4, 0.5) is 0 Å². The fourth-order valence-electron chi connectivity index (χ4n) is 2.33. The zero-order valence-electron chi connectivity index (χ0n) is 11.1. The first kappa shape index (κ1) is 12.0. The molecule has 0 aliphatic rings. The first-order chi connectivity index (χ1) is 7.84. The van der Waals surface area contributed by atoms with Crippen LogP contribution in [0.5, 0.6) is 5.75 Å². The van der Waals surface area contributed by atoms with Gasteiger partial charge >= 0.3 is 0 Å². The summed E-state index contributed by atoms with van der Waals surface area (Å²) < 4.78 is 5.31. The minimum Gasteiger partial charge on any atom is -0.497 e. The Kier molecular flexibility index (Phi) is 2.66. The molecule has 3 nitrogen and oxygen atoms in total. The lowest BCUT2D eigenvalue weighted by Crippen LogP contribution is -2.29. The standard InChI is InChI=1S/C14H20N2O/c1-8-6-10(17-5)7-11-9(2)13(14(3,4)15)16-12(8)11/h6-7,16H,15H2,1-5H3. The number of benzene rings is 1. The molecule has 3 heteroatoms. The van der Waals surface area contributed by atoms with Crippen molar-refractivity contribution >= 4 is 10.9 Å². The fourth-order valence-corrected chi connectivity index (χ4v) is 2.33. The summed E-state index contributed by atoms with van der Waals surface area (Å²) in [4.78, 5) is 3.44. The van der Waals surface area contributed by atoms with Gasteiger partial charge in [0.1, 0.15) is 5.75 Å². The van der Waals surface area contributed by atoms with Crippen LogP contribution >= 0.6 is 0 Å². The number of methoxy groups -OCH3 is 1. The van der Waals surface area contributed by atoms with Crippen molar-refractivity contribution < 1.29 is 4.74 Å². The number of nitrogens with one attached hydrogen (secondary N) is 1. The van der Waals surface area contributed by atoms with E-state index >= 15 is 0 Å². The lowest BCUT2D eigenvalue weighted by atomic mass is 9.98. The van der Waals surface area contributed by atoms with Crippen LogP contribution in [0.3, 0.4) is 0 Å². The lowest BCUT2D eigenvalue weighted by molar-refractivity contribution is 0.415. The molecule has 0 saturated heterocycles. The first-order valence-corrected chi connectivity index (χ1v) is 5.81. The summed E-state index contributed by atoms with van der Waals surface area (Å²) in [7, 11) is 1.69. The number of aryl methyl sites for hydroxylation is 2. The Morgan fingerprint density at radius 2 is 1.88 bits per heavy atom. The summed E-state index contributed by atoms with van der Waals surface area (Å²) in [6, 6.07) is 4.09. The molecule has 0 fully saturated rings. The Morgan fingerprint density at radius 3 is 2.41 bits per heavy atom. The second-order valence-electron chi connectivity index (χ2n) is 5.21. The zero-order valence-corrected chi connectivity index (χ0v) is 11.1. The number of nitrogens with two attached hydrogens (primary N) is 1. The third kappa shape index (κ3) is 1.91. The zero-order chi connectivity index (χ0) is 12.8. The topological polar surface area (TPSA) is 51.0 Å². The lowest BCUT2D eigenvalue weighted by Gasteiger charge is -2.18. The third-order valence-electron chi connectivity index (χ3n) is 3.22. The predicted octanol–water partition coefficient (Wildman–Crippen LogP) is 2.99. The van der Waals surface area contributed by atoms with Crippen LogP contribution in [-0.2, 0) is 5.54 Å². The summed E-state index contributed by atoms with van der Waals surface area (Å²) in [6.45, 7) is 8.20. The molecule has 2 aromatic rings. The Bertz CT molecular complexity index is 562. The van der Waals surface area contributed by atoms with Gasteiger partial charge in [-0.1, -0.05) is 0 Å². The fraction of sp³-hybridized carbons (Fsp3) is 0.429. The smallest absolute Gasteiger partial charge is 0.119 e. The molecule has 0 aliphatic carbocycles.